The molecule has 0 aromatic carbocycles. The van der Waals surface area contributed by atoms with Gasteiger partial charge in [-0.1, -0.05) is 26.2 Å². The average Bonchev–Trinajstić information content (AvgIpc) is 2.75. The van der Waals surface area contributed by atoms with Gasteiger partial charge >= 0.3 is 0 Å². The van der Waals surface area contributed by atoms with Gasteiger partial charge in [0.1, 0.15) is 0 Å². The Bertz CT molecular complexity index is 280. The van der Waals surface area contributed by atoms with Crippen molar-refractivity contribution >= 4 is 5.91 Å². The predicted molar refractivity (Wildman–Crippen MR) is 74.4 cm³/mol. The molecule has 3 atom stereocenters. The molecule has 1 saturated carbocycles. The van der Waals surface area contributed by atoms with E-state index in [9.17, 15) is 4.79 Å². The van der Waals surface area contributed by atoms with Crippen molar-refractivity contribution in [3.05, 3.63) is 0 Å². The van der Waals surface area contributed by atoms with Gasteiger partial charge in [0.15, 0.2) is 0 Å². The number of nitrogens with one attached hydrogen (secondary N) is 1. The summed E-state index contributed by atoms with van der Waals surface area (Å²) in [5.41, 5.74) is 0. The van der Waals surface area contributed by atoms with E-state index in [1.165, 1.54) is 32.1 Å². The number of likely N-dealkylation sites (tertiary alicyclic amines) is 1. The maximum atomic E-state index is 11.6. The van der Waals surface area contributed by atoms with E-state index in [0.717, 1.165) is 31.8 Å². The smallest absolute Gasteiger partial charge is 0.222 e. The molecular formula is C15H28N2O. The molecule has 104 valence electrons. The van der Waals surface area contributed by atoms with Crippen LogP contribution < -0.4 is 5.32 Å². The van der Waals surface area contributed by atoms with E-state index in [0.29, 0.717) is 18.0 Å². The minimum Gasteiger partial charge on any atom is -0.341 e. The van der Waals surface area contributed by atoms with Crippen LogP contribution in [0.2, 0.25) is 0 Å². The Hall–Kier alpha value is -0.570. The van der Waals surface area contributed by atoms with Crippen LogP contribution in [0.5, 0.6) is 0 Å². The third kappa shape index (κ3) is 3.71. The van der Waals surface area contributed by atoms with Crippen LogP contribution in [0.25, 0.3) is 0 Å². The highest BCUT2D eigenvalue weighted by molar-refractivity contribution is 5.78. The highest BCUT2D eigenvalue weighted by Gasteiger charge is 2.25. The molecule has 1 heterocycles. The van der Waals surface area contributed by atoms with Crippen molar-refractivity contribution in [3.63, 3.8) is 0 Å². The first-order valence-electron chi connectivity index (χ1n) is 7.73. The van der Waals surface area contributed by atoms with Gasteiger partial charge in [-0.2, -0.15) is 0 Å². The van der Waals surface area contributed by atoms with Gasteiger partial charge < -0.3 is 10.2 Å². The number of hydrogen-bond donors (Lipinski definition) is 1. The van der Waals surface area contributed by atoms with Crippen LogP contribution in [0.1, 0.15) is 58.8 Å². The molecule has 1 N–H and O–H groups in total. The first kappa shape index (κ1) is 13.9. The molecule has 18 heavy (non-hydrogen) atoms. The van der Waals surface area contributed by atoms with Gasteiger partial charge in [-0.15, -0.1) is 0 Å². The summed E-state index contributed by atoms with van der Waals surface area (Å²) in [5, 5.41) is 3.74. The van der Waals surface area contributed by atoms with Crippen LogP contribution in [0.3, 0.4) is 0 Å². The van der Waals surface area contributed by atoms with Crippen molar-refractivity contribution < 1.29 is 4.79 Å². The van der Waals surface area contributed by atoms with Crippen molar-refractivity contribution in [1.29, 1.82) is 0 Å². The van der Waals surface area contributed by atoms with Crippen LogP contribution in [0, 0.1) is 5.92 Å². The SMILES string of the molecule is CCC1CCCC(NC(C)CN2CCCC2=O)C1. The molecule has 0 spiro atoms. The fourth-order valence-corrected chi connectivity index (χ4v) is 3.50. The Labute approximate surface area is 111 Å². The van der Waals surface area contributed by atoms with Gasteiger partial charge in [-0.25, -0.2) is 0 Å². The predicted octanol–water partition coefficient (Wildman–Crippen LogP) is 2.56. The minimum absolute atomic E-state index is 0.346. The third-order valence-electron chi connectivity index (χ3n) is 4.55. The molecule has 0 aromatic heterocycles. The summed E-state index contributed by atoms with van der Waals surface area (Å²) in [5.74, 6) is 1.26. The number of carbonyl (C=O) groups is 1. The molecule has 2 fully saturated rings. The zero-order valence-electron chi connectivity index (χ0n) is 12.0. The molecule has 2 rings (SSSR count). The van der Waals surface area contributed by atoms with Gasteiger partial charge in [-0.05, 0) is 32.1 Å². The van der Waals surface area contributed by atoms with Crippen LogP contribution in [-0.2, 0) is 4.79 Å². The summed E-state index contributed by atoms with van der Waals surface area (Å²) in [6, 6.07) is 1.11. The van der Waals surface area contributed by atoms with Crippen LogP contribution in [-0.4, -0.2) is 36.0 Å². The second-order valence-corrected chi connectivity index (χ2v) is 6.15. The maximum absolute atomic E-state index is 11.6. The Morgan fingerprint density at radius 3 is 2.89 bits per heavy atom. The second kappa shape index (κ2) is 6.55. The molecule has 3 heteroatoms. The molecule has 1 aliphatic heterocycles. The molecule has 3 unspecified atom stereocenters. The number of carbonyl (C=O) groups excluding carboxylic acids is 1. The average molecular weight is 252 g/mol. The summed E-state index contributed by atoms with van der Waals surface area (Å²) < 4.78 is 0. The molecule has 0 radical (unpaired) electrons. The lowest BCUT2D eigenvalue weighted by Gasteiger charge is -2.32. The molecule has 1 saturated heterocycles. The molecule has 3 nitrogen and oxygen atoms in total. The highest BCUT2D eigenvalue weighted by atomic mass is 16.2. The maximum Gasteiger partial charge on any atom is 0.222 e. The van der Waals surface area contributed by atoms with E-state index >= 15 is 0 Å². The van der Waals surface area contributed by atoms with Crippen LogP contribution in [0.15, 0.2) is 0 Å². The van der Waals surface area contributed by atoms with Crippen molar-refractivity contribution in [2.24, 2.45) is 5.92 Å². The van der Waals surface area contributed by atoms with Gasteiger partial charge in [0, 0.05) is 31.6 Å². The Balaban J connectivity index is 1.73. The lowest BCUT2D eigenvalue weighted by atomic mass is 9.84. The minimum atomic E-state index is 0.346. The van der Waals surface area contributed by atoms with Crippen molar-refractivity contribution in [2.75, 3.05) is 13.1 Å². The van der Waals surface area contributed by atoms with Crippen molar-refractivity contribution in [3.8, 4) is 0 Å². The van der Waals surface area contributed by atoms with E-state index in [1.54, 1.807) is 0 Å². The molecule has 0 aromatic rings. The number of amides is 1. The molecule has 1 aliphatic carbocycles. The number of hydrogen-bond acceptors (Lipinski definition) is 2. The summed E-state index contributed by atoms with van der Waals surface area (Å²) in [7, 11) is 0. The van der Waals surface area contributed by atoms with Gasteiger partial charge in [0.25, 0.3) is 0 Å². The van der Waals surface area contributed by atoms with Crippen LogP contribution >= 0.6 is 0 Å². The molecule has 0 bridgehead atoms. The Morgan fingerprint density at radius 1 is 1.39 bits per heavy atom. The zero-order chi connectivity index (χ0) is 13.0. The summed E-state index contributed by atoms with van der Waals surface area (Å²) in [4.78, 5) is 13.6. The largest absolute Gasteiger partial charge is 0.341 e. The Kier molecular flexibility index (Phi) is 5.04. The van der Waals surface area contributed by atoms with Crippen LogP contribution in [0.4, 0.5) is 0 Å². The van der Waals surface area contributed by atoms with E-state index in [1.807, 2.05) is 4.90 Å². The van der Waals surface area contributed by atoms with Crippen molar-refractivity contribution in [1.82, 2.24) is 10.2 Å². The fourth-order valence-electron chi connectivity index (χ4n) is 3.50. The molecule has 1 amide bonds. The first-order valence-corrected chi connectivity index (χ1v) is 7.73. The van der Waals surface area contributed by atoms with Crippen molar-refractivity contribution in [2.45, 2.75) is 70.9 Å². The number of nitrogens with zero attached hydrogens (tertiary/aromatic N) is 1. The quantitative estimate of drug-likeness (QED) is 0.815. The van der Waals surface area contributed by atoms with E-state index in [4.69, 9.17) is 0 Å². The van der Waals surface area contributed by atoms with Gasteiger partial charge in [0.05, 0.1) is 0 Å². The van der Waals surface area contributed by atoms with Gasteiger partial charge in [-0.3, -0.25) is 4.79 Å². The van der Waals surface area contributed by atoms with E-state index < -0.39 is 0 Å². The van der Waals surface area contributed by atoms with E-state index in [2.05, 4.69) is 19.2 Å². The van der Waals surface area contributed by atoms with Gasteiger partial charge in [0.2, 0.25) is 5.91 Å². The van der Waals surface area contributed by atoms with E-state index in [-0.39, 0.29) is 0 Å². The summed E-state index contributed by atoms with van der Waals surface area (Å²) >= 11 is 0. The Morgan fingerprint density at radius 2 is 2.22 bits per heavy atom. The number of rotatable bonds is 5. The summed E-state index contributed by atoms with van der Waals surface area (Å²) in [6.45, 7) is 6.39. The fraction of sp³-hybridized carbons (Fsp3) is 0.933. The first-order chi connectivity index (χ1) is 8.69. The standard InChI is InChI=1S/C15H28N2O/c1-3-13-6-4-7-14(10-13)16-12(2)11-17-9-5-8-15(17)18/h12-14,16H,3-11H2,1-2H3. The molecule has 2 aliphatic rings. The lowest BCUT2D eigenvalue weighted by molar-refractivity contribution is -0.128. The molecular weight excluding hydrogens is 224 g/mol. The third-order valence-corrected chi connectivity index (χ3v) is 4.55. The summed E-state index contributed by atoms with van der Waals surface area (Å²) in [6.07, 6.45) is 8.54. The second-order valence-electron chi connectivity index (χ2n) is 6.15. The topological polar surface area (TPSA) is 32.3 Å². The highest BCUT2D eigenvalue weighted by Crippen LogP contribution is 2.26. The normalized spacial score (nSPS) is 30.8. The lowest BCUT2D eigenvalue weighted by Crippen LogP contribution is -2.45. The zero-order valence-corrected chi connectivity index (χ0v) is 12.0. The monoisotopic (exact) mass is 252 g/mol.